The van der Waals surface area contributed by atoms with Crippen molar-refractivity contribution in [3.63, 3.8) is 0 Å². The minimum atomic E-state index is -1.14. The number of imide groups is 2. The van der Waals surface area contributed by atoms with E-state index in [1.165, 1.54) is 0 Å². The molecule has 2 aromatic rings. The van der Waals surface area contributed by atoms with Gasteiger partial charge in [-0.3, -0.25) is 29.8 Å². The fourth-order valence-electron chi connectivity index (χ4n) is 6.95. The van der Waals surface area contributed by atoms with Crippen molar-refractivity contribution in [3.8, 4) is 0 Å². The molecule has 8 rings (SSSR count). The van der Waals surface area contributed by atoms with Crippen molar-refractivity contribution in [1.29, 1.82) is 0 Å². The number of carbonyl (C=O) groups excluding carboxylic acids is 4. The first-order valence-electron chi connectivity index (χ1n) is 10.4. The van der Waals surface area contributed by atoms with E-state index >= 15 is 0 Å². The second-order valence-electron chi connectivity index (χ2n) is 8.89. The quantitative estimate of drug-likeness (QED) is 0.692. The van der Waals surface area contributed by atoms with Crippen LogP contribution < -0.4 is 15.5 Å². The van der Waals surface area contributed by atoms with E-state index in [4.69, 9.17) is 0 Å². The summed E-state index contributed by atoms with van der Waals surface area (Å²) in [5.74, 6) is -4.80. The molecule has 31 heavy (non-hydrogen) atoms. The number of benzene rings is 2. The van der Waals surface area contributed by atoms with Gasteiger partial charge in [0, 0.05) is 22.9 Å². The van der Waals surface area contributed by atoms with Crippen LogP contribution in [0.5, 0.6) is 0 Å². The van der Waals surface area contributed by atoms with E-state index in [1.54, 1.807) is 0 Å². The van der Waals surface area contributed by atoms with Crippen LogP contribution in [0.3, 0.4) is 0 Å². The molecule has 1 saturated carbocycles. The number of fused-ring (bicyclic) bond motifs is 1. The summed E-state index contributed by atoms with van der Waals surface area (Å²) in [6.07, 6.45) is 1.99. The molecule has 2 bridgehead atoms. The number of hydrogen-bond donors (Lipinski definition) is 2. The minimum Gasteiger partial charge on any atom is -0.329 e. The standard InChI is InChI=1S/C24H17N3O4/c28-20-16-13-10-14-12-8-4-5-9-15(12)27(11-6-2-1-3-7-11)24(14,18(16)22(30)25-20)19-17(13)21(29)26-23(19)31/h1-10,13,16-19H,(H,25,28,30)(H,26,29,31)/t13?,16-,17+,18+,19-,24?. The van der Waals surface area contributed by atoms with E-state index < -0.39 is 35.1 Å². The van der Waals surface area contributed by atoms with Crippen molar-refractivity contribution in [3.05, 3.63) is 66.2 Å². The van der Waals surface area contributed by atoms with Gasteiger partial charge in [-0.2, -0.15) is 0 Å². The van der Waals surface area contributed by atoms with Gasteiger partial charge >= 0.3 is 0 Å². The highest BCUT2D eigenvalue weighted by molar-refractivity contribution is 6.17. The third-order valence-electron chi connectivity index (χ3n) is 7.77. The molecule has 2 unspecified atom stereocenters. The summed E-state index contributed by atoms with van der Waals surface area (Å²) >= 11 is 0. The highest BCUT2D eigenvalue weighted by Crippen LogP contribution is 2.69. The van der Waals surface area contributed by atoms with E-state index in [-0.39, 0.29) is 23.6 Å². The van der Waals surface area contributed by atoms with Crippen LogP contribution in [0.1, 0.15) is 5.56 Å². The molecule has 2 N–H and O–H groups in total. The number of allylic oxidation sites excluding steroid dienone is 1. The molecule has 152 valence electrons. The zero-order chi connectivity index (χ0) is 21.1. The smallest absolute Gasteiger partial charge is 0.233 e. The van der Waals surface area contributed by atoms with Gasteiger partial charge in [0.1, 0.15) is 0 Å². The van der Waals surface area contributed by atoms with Crippen molar-refractivity contribution in [2.45, 2.75) is 5.54 Å². The molecule has 7 nitrogen and oxygen atoms in total. The van der Waals surface area contributed by atoms with Crippen LogP contribution in [0.2, 0.25) is 0 Å². The van der Waals surface area contributed by atoms with E-state index in [1.807, 2.05) is 65.6 Å². The third-order valence-corrected chi connectivity index (χ3v) is 7.77. The lowest BCUT2D eigenvalue weighted by Gasteiger charge is -2.57. The van der Waals surface area contributed by atoms with E-state index in [2.05, 4.69) is 10.6 Å². The molecule has 3 heterocycles. The Kier molecular flexibility index (Phi) is 2.90. The Morgan fingerprint density at radius 3 is 1.94 bits per heavy atom. The van der Waals surface area contributed by atoms with Crippen molar-refractivity contribution in [2.75, 3.05) is 4.90 Å². The Bertz CT molecular complexity index is 1220. The van der Waals surface area contributed by atoms with E-state index in [9.17, 15) is 19.2 Å². The molecule has 2 aromatic carbocycles. The van der Waals surface area contributed by atoms with Gasteiger partial charge in [-0.05, 0) is 23.8 Å². The zero-order valence-electron chi connectivity index (χ0n) is 16.2. The molecule has 7 heteroatoms. The topological polar surface area (TPSA) is 95.6 Å². The molecule has 6 aliphatic rings. The summed E-state index contributed by atoms with van der Waals surface area (Å²) < 4.78 is 0. The highest BCUT2D eigenvalue weighted by atomic mass is 16.2. The van der Waals surface area contributed by atoms with Crippen LogP contribution >= 0.6 is 0 Å². The molecule has 3 fully saturated rings. The highest BCUT2D eigenvalue weighted by Gasteiger charge is 2.77. The summed E-state index contributed by atoms with van der Waals surface area (Å²) in [6.45, 7) is 0. The fraction of sp³-hybridized carbons (Fsp3) is 0.250. The summed E-state index contributed by atoms with van der Waals surface area (Å²) in [7, 11) is 0. The van der Waals surface area contributed by atoms with Crippen molar-refractivity contribution >= 4 is 40.6 Å². The Labute approximate surface area is 177 Å². The van der Waals surface area contributed by atoms with Gasteiger partial charge in [0.25, 0.3) is 0 Å². The number of hydrogen-bond acceptors (Lipinski definition) is 5. The van der Waals surface area contributed by atoms with E-state index in [0.29, 0.717) is 0 Å². The molecule has 3 aliphatic heterocycles. The summed E-state index contributed by atoms with van der Waals surface area (Å²) in [5, 5.41) is 5.01. The van der Waals surface area contributed by atoms with Crippen molar-refractivity contribution in [2.24, 2.45) is 29.6 Å². The van der Waals surface area contributed by atoms with Crippen LogP contribution in [0, 0.1) is 29.6 Å². The normalized spacial score (nSPS) is 36.5. The molecule has 3 aliphatic carbocycles. The second-order valence-corrected chi connectivity index (χ2v) is 8.89. The molecule has 0 radical (unpaired) electrons. The van der Waals surface area contributed by atoms with E-state index in [0.717, 1.165) is 22.5 Å². The average Bonchev–Trinajstić information content (AvgIpc) is 3.37. The fourth-order valence-corrected chi connectivity index (χ4v) is 6.95. The summed E-state index contributed by atoms with van der Waals surface area (Å²) in [4.78, 5) is 54.3. The van der Waals surface area contributed by atoms with Crippen molar-refractivity contribution < 1.29 is 19.2 Å². The maximum atomic E-state index is 13.2. The van der Waals surface area contributed by atoms with Crippen LogP contribution in [-0.2, 0) is 19.2 Å². The lowest BCUT2D eigenvalue weighted by Crippen LogP contribution is -2.68. The SMILES string of the molecule is O=C1NC(=O)[C@@H]2[C@H]1C1C=C3c4ccccc4N(c4ccccc4)C32[C@H]2C(=O)NC(=O)[C@@H]12. The number of nitrogens with one attached hydrogen (secondary N) is 2. The average molecular weight is 411 g/mol. The number of carbonyl (C=O) groups is 4. The molecule has 1 spiro atoms. The largest absolute Gasteiger partial charge is 0.329 e. The number of para-hydroxylation sites is 2. The minimum absolute atomic E-state index is 0.357. The number of amides is 4. The van der Waals surface area contributed by atoms with Crippen LogP contribution in [0.4, 0.5) is 11.4 Å². The first-order valence-corrected chi connectivity index (χ1v) is 10.4. The van der Waals surface area contributed by atoms with Crippen LogP contribution in [0.25, 0.3) is 5.57 Å². The molecule has 2 saturated heterocycles. The lowest BCUT2D eigenvalue weighted by atomic mass is 9.47. The first kappa shape index (κ1) is 17.0. The Morgan fingerprint density at radius 1 is 0.710 bits per heavy atom. The molecular weight excluding hydrogens is 394 g/mol. The summed E-state index contributed by atoms with van der Waals surface area (Å²) in [5.41, 5.74) is 2.36. The van der Waals surface area contributed by atoms with Gasteiger partial charge < -0.3 is 4.90 Å². The lowest BCUT2D eigenvalue weighted by molar-refractivity contribution is -0.138. The predicted octanol–water partition coefficient (Wildman–Crippen LogP) is 1.38. The Balaban J connectivity index is 1.62. The maximum Gasteiger partial charge on any atom is 0.233 e. The van der Waals surface area contributed by atoms with Gasteiger partial charge in [0.2, 0.25) is 23.6 Å². The molecule has 0 aromatic heterocycles. The Hall–Kier alpha value is -3.74. The van der Waals surface area contributed by atoms with Gasteiger partial charge in [-0.25, -0.2) is 0 Å². The van der Waals surface area contributed by atoms with Gasteiger partial charge in [0.05, 0.1) is 29.2 Å². The Morgan fingerprint density at radius 2 is 1.29 bits per heavy atom. The number of anilines is 2. The first-order chi connectivity index (χ1) is 15.0. The van der Waals surface area contributed by atoms with Crippen molar-refractivity contribution in [1.82, 2.24) is 10.6 Å². The molecule has 4 amide bonds. The monoisotopic (exact) mass is 411 g/mol. The molecule has 6 atom stereocenters. The zero-order valence-corrected chi connectivity index (χ0v) is 16.2. The number of nitrogens with zero attached hydrogens (tertiary/aromatic N) is 1. The molecular formula is C24H17N3O4. The number of rotatable bonds is 1. The van der Waals surface area contributed by atoms with Gasteiger partial charge in [0.15, 0.2) is 0 Å². The predicted molar refractivity (Wildman–Crippen MR) is 109 cm³/mol. The van der Waals surface area contributed by atoms with Crippen LogP contribution in [-0.4, -0.2) is 29.2 Å². The second kappa shape index (κ2) is 5.29. The van der Waals surface area contributed by atoms with Crippen LogP contribution in [0.15, 0.2) is 60.7 Å². The van der Waals surface area contributed by atoms with Gasteiger partial charge in [-0.15, -0.1) is 0 Å². The summed E-state index contributed by atoms with van der Waals surface area (Å²) in [6, 6.07) is 17.4. The van der Waals surface area contributed by atoms with Gasteiger partial charge in [-0.1, -0.05) is 42.5 Å². The maximum absolute atomic E-state index is 13.2. The third kappa shape index (κ3) is 1.70.